The van der Waals surface area contributed by atoms with Gasteiger partial charge < -0.3 is 15.6 Å². The van der Waals surface area contributed by atoms with E-state index in [1.807, 2.05) is 32.2 Å². The van der Waals surface area contributed by atoms with Crippen LogP contribution in [0.3, 0.4) is 0 Å². The van der Waals surface area contributed by atoms with Gasteiger partial charge in [-0.3, -0.25) is 4.79 Å². The van der Waals surface area contributed by atoms with Crippen molar-refractivity contribution < 1.29 is 4.79 Å². The van der Waals surface area contributed by atoms with Crippen molar-refractivity contribution in [1.82, 2.24) is 20.3 Å². The molecular formula is C18H21N5O. The molecule has 0 radical (unpaired) electrons. The van der Waals surface area contributed by atoms with Gasteiger partial charge in [-0.2, -0.15) is 0 Å². The van der Waals surface area contributed by atoms with Crippen LogP contribution in [0.5, 0.6) is 0 Å². The molecule has 124 valence electrons. The third-order valence-electron chi connectivity index (χ3n) is 3.69. The zero-order valence-corrected chi connectivity index (χ0v) is 13.8. The van der Waals surface area contributed by atoms with E-state index in [0.29, 0.717) is 11.5 Å². The average molecular weight is 323 g/mol. The van der Waals surface area contributed by atoms with Crippen LogP contribution in [0.15, 0.2) is 42.9 Å². The van der Waals surface area contributed by atoms with Gasteiger partial charge in [0.05, 0.1) is 0 Å². The first-order chi connectivity index (χ1) is 11.6. The van der Waals surface area contributed by atoms with Crippen molar-refractivity contribution >= 4 is 22.6 Å². The zero-order valence-electron chi connectivity index (χ0n) is 13.8. The van der Waals surface area contributed by atoms with Crippen molar-refractivity contribution in [3.05, 3.63) is 54.1 Å². The van der Waals surface area contributed by atoms with Gasteiger partial charge in [-0.1, -0.05) is 18.2 Å². The van der Waals surface area contributed by atoms with Gasteiger partial charge in [0.25, 0.3) is 5.91 Å². The number of benzene rings is 1. The number of anilines is 1. The summed E-state index contributed by atoms with van der Waals surface area (Å²) in [6.07, 6.45) is 4.30. The number of aromatic amines is 1. The van der Waals surface area contributed by atoms with Gasteiger partial charge in [-0.15, -0.1) is 0 Å². The molecule has 0 aliphatic heterocycles. The van der Waals surface area contributed by atoms with E-state index in [1.54, 1.807) is 6.07 Å². The van der Waals surface area contributed by atoms with Crippen LogP contribution in [-0.4, -0.2) is 33.4 Å². The lowest BCUT2D eigenvalue weighted by Crippen LogP contribution is -2.30. The van der Waals surface area contributed by atoms with Gasteiger partial charge in [-0.25, -0.2) is 9.97 Å². The quantitative estimate of drug-likeness (QED) is 0.651. The van der Waals surface area contributed by atoms with Crippen LogP contribution in [0.1, 0.15) is 29.9 Å². The molecule has 0 aliphatic carbocycles. The van der Waals surface area contributed by atoms with Gasteiger partial charge >= 0.3 is 0 Å². The topological polar surface area (TPSA) is 82.7 Å². The predicted molar refractivity (Wildman–Crippen MR) is 95.1 cm³/mol. The third kappa shape index (κ3) is 3.71. The summed E-state index contributed by atoms with van der Waals surface area (Å²) in [5.41, 5.74) is 2.76. The van der Waals surface area contributed by atoms with Crippen LogP contribution < -0.4 is 10.6 Å². The molecule has 2 aromatic heterocycles. The maximum atomic E-state index is 12.0. The summed E-state index contributed by atoms with van der Waals surface area (Å²) >= 11 is 0. The SMILES string of the molecule is CC(C)NC(=O)c1cc(NCCc2c[nH]c3ccccc23)ncn1. The number of hydrogen-bond acceptors (Lipinski definition) is 4. The Kier molecular flexibility index (Phi) is 4.74. The first-order valence-electron chi connectivity index (χ1n) is 8.05. The fourth-order valence-corrected chi connectivity index (χ4v) is 2.58. The largest absolute Gasteiger partial charge is 0.370 e. The molecule has 0 fully saturated rings. The lowest BCUT2D eigenvalue weighted by Gasteiger charge is -2.09. The third-order valence-corrected chi connectivity index (χ3v) is 3.69. The van der Waals surface area contributed by atoms with E-state index in [-0.39, 0.29) is 11.9 Å². The molecule has 0 atom stereocenters. The molecular weight excluding hydrogens is 302 g/mol. The van der Waals surface area contributed by atoms with E-state index >= 15 is 0 Å². The highest BCUT2D eigenvalue weighted by atomic mass is 16.1. The first kappa shape index (κ1) is 16.0. The molecule has 3 aromatic rings. The summed E-state index contributed by atoms with van der Waals surface area (Å²) in [4.78, 5) is 23.4. The minimum Gasteiger partial charge on any atom is -0.370 e. The number of para-hydroxylation sites is 1. The van der Waals surface area contributed by atoms with Crippen LogP contribution in [0, 0.1) is 0 Å². The number of nitrogens with zero attached hydrogens (tertiary/aromatic N) is 2. The molecule has 3 N–H and O–H groups in total. The predicted octanol–water partition coefficient (Wildman–Crippen LogP) is 2.75. The maximum absolute atomic E-state index is 12.0. The number of carbonyl (C=O) groups excluding carboxylic acids is 1. The Hall–Kier alpha value is -2.89. The van der Waals surface area contributed by atoms with Crippen molar-refractivity contribution in [2.24, 2.45) is 0 Å². The normalized spacial score (nSPS) is 11.0. The van der Waals surface area contributed by atoms with Crippen molar-refractivity contribution in [3.8, 4) is 0 Å². The van der Waals surface area contributed by atoms with E-state index in [2.05, 4.69) is 37.7 Å². The first-order valence-corrected chi connectivity index (χ1v) is 8.05. The second-order valence-corrected chi connectivity index (χ2v) is 5.95. The number of carbonyl (C=O) groups is 1. The Morgan fingerprint density at radius 3 is 2.92 bits per heavy atom. The molecule has 0 spiro atoms. The molecule has 0 saturated carbocycles. The fraction of sp³-hybridized carbons (Fsp3) is 0.278. The number of rotatable bonds is 6. The van der Waals surface area contributed by atoms with Gasteiger partial charge in [0.2, 0.25) is 0 Å². The van der Waals surface area contributed by atoms with Crippen LogP contribution in [0.25, 0.3) is 10.9 Å². The number of nitrogens with one attached hydrogen (secondary N) is 3. The highest BCUT2D eigenvalue weighted by Gasteiger charge is 2.09. The second-order valence-electron chi connectivity index (χ2n) is 5.95. The Balaban J connectivity index is 1.62. The van der Waals surface area contributed by atoms with Gasteiger partial charge in [0.15, 0.2) is 0 Å². The molecule has 3 rings (SSSR count). The van der Waals surface area contributed by atoms with E-state index in [9.17, 15) is 4.79 Å². The highest BCUT2D eigenvalue weighted by Crippen LogP contribution is 2.18. The molecule has 0 aliphatic rings. The fourth-order valence-electron chi connectivity index (χ4n) is 2.58. The van der Waals surface area contributed by atoms with Crippen LogP contribution in [-0.2, 0) is 6.42 Å². The van der Waals surface area contributed by atoms with Gasteiger partial charge in [0, 0.05) is 35.8 Å². The summed E-state index contributed by atoms with van der Waals surface area (Å²) in [6, 6.07) is 9.98. The number of aromatic nitrogens is 3. The van der Waals surface area contributed by atoms with E-state index in [1.165, 1.54) is 17.3 Å². The molecule has 6 nitrogen and oxygen atoms in total. The van der Waals surface area contributed by atoms with Gasteiger partial charge in [-0.05, 0) is 31.9 Å². The minimum absolute atomic E-state index is 0.0748. The molecule has 6 heteroatoms. The van der Waals surface area contributed by atoms with E-state index < -0.39 is 0 Å². The standard InChI is InChI=1S/C18H21N5O/c1-12(2)23-18(24)16-9-17(22-11-21-16)19-8-7-13-10-20-15-6-4-3-5-14(13)15/h3-6,9-12,20H,7-8H2,1-2H3,(H,23,24)(H,19,21,22). The summed E-state index contributed by atoms with van der Waals surface area (Å²) in [7, 11) is 0. The Morgan fingerprint density at radius 1 is 1.25 bits per heavy atom. The van der Waals surface area contributed by atoms with Crippen molar-refractivity contribution in [2.75, 3.05) is 11.9 Å². The maximum Gasteiger partial charge on any atom is 0.270 e. The van der Waals surface area contributed by atoms with Crippen molar-refractivity contribution in [3.63, 3.8) is 0 Å². The Morgan fingerprint density at radius 2 is 2.08 bits per heavy atom. The number of H-pyrrole nitrogens is 1. The minimum atomic E-state index is -0.188. The zero-order chi connectivity index (χ0) is 16.9. The van der Waals surface area contributed by atoms with Crippen molar-refractivity contribution in [1.29, 1.82) is 0 Å². The smallest absolute Gasteiger partial charge is 0.270 e. The molecule has 0 bridgehead atoms. The van der Waals surface area contributed by atoms with E-state index in [0.717, 1.165) is 18.5 Å². The number of fused-ring (bicyclic) bond motifs is 1. The number of amides is 1. The van der Waals surface area contributed by atoms with Gasteiger partial charge in [0.1, 0.15) is 17.8 Å². The molecule has 0 saturated heterocycles. The lowest BCUT2D eigenvalue weighted by atomic mass is 10.1. The van der Waals surface area contributed by atoms with Crippen LogP contribution >= 0.6 is 0 Å². The molecule has 0 unspecified atom stereocenters. The Labute approximate surface area is 140 Å². The molecule has 2 heterocycles. The highest BCUT2D eigenvalue weighted by molar-refractivity contribution is 5.93. The summed E-state index contributed by atoms with van der Waals surface area (Å²) in [5, 5.41) is 7.31. The number of hydrogen-bond donors (Lipinski definition) is 3. The van der Waals surface area contributed by atoms with Crippen LogP contribution in [0.4, 0.5) is 5.82 Å². The summed E-state index contributed by atoms with van der Waals surface area (Å²) in [6.45, 7) is 4.56. The molecule has 1 amide bonds. The summed E-state index contributed by atoms with van der Waals surface area (Å²) in [5.74, 6) is 0.464. The molecule has 24 heavy (non-hydrogen) atoms. The Bertz CT molecular complexity index is 840. The molecule has 1 aromatic carbocycles. The summed E-state index contributed by atoms with van der Waals surface area (Å²) < 4.78 is 0. The van der Waals surface area contributed by atoms with Crippen molar-refractivity contribution in [2.45, 2.75) is 26.3 Å². The second kappa shape index (κ2) is 7.12. The monoisotopic (exact) mass is 323 g/mol. The van der Waals surface area contributed by atoms with Crippen LogP contribution in [0.2, 0.25) is 0 Å². The van der Waals surface area contributed by atoms with E-state index in [4.69, 9.17) is 0 Å². The lowest BCUT2D eigenvalue weighted by molar-refractivity contribution is 0.0938. The average Bonchev–Trinajstić information content (AvgIpc) is 2.98.